The van der Waals surface area contributed by atoms with Gasteiger partial charge < -0.3 is 9.36 Å². The van der Waals surface area contributed by atoms with Gasteiger partial charge in [-0.15, -0.1) is 0 Å². The van der Waals surface area contributed by atoms with Crippen molar-refractivity contribution in [3.05, 3.63) is 23.5 Å². The maximum atomic E-state index is 10.5. The van der Waals surface area contributed by atoms with E-state index in [-0.39, 0.29) is 6.04 Å². The van der Waals surface area contributed by atoms with Crippen LogP contribution in [-0.4, -0.2) is 10.9 Å². The lowest BCUT2D eigenvalue weighted by Crippen LogP contribution is -2.09. The molecule has 0 aliphatic carbocycles. The number of hydrogen-bond donors (Lipinski definition) is 0. The molecule has 0 N–H and O–H groups in total. The fourth-order valence-electron chi connectivity index (χ4n) is 1.38. The molecule has 60 valence electrons. The molecular weight excluding hydrogens is 138 g/mol. The molecule has 0 bridgehead atoms. The first-order valence-corrected chi connectivity index (χ1v) is 3.76. The summed E-state index contributed by atoms with van der Waals surface area (Å²) in [4.78, 5) is 10.5. The van der Waals surface area contributed by atoms with Crippen molar-refractivity contribution < 1.29 is 4.79 Å². The Morgan fingerprint density at radius 3 is 2.18 bits per heavy atom. The first-order chi connectivity index (χ1) is 5.16. The fourth-order valence-corrected chi connectivity index (χ4v) is 1.38. The average molecular weight is 151 g/mol. The second kappa shape index (κ2) is 2.91. The molecule has 0 fully saturated rings. The van der Waals surface area contributed by atoms with E-state index in [1.165, 1.54) is 0 Å². The second-order valence-corrected chi connectivity index (χ2v) is 2.86. The smallest absolute Gasteiger partial charge is 0.142 e. The van der Waals surface area contributed by atoms with Crippen molar-refractivity contribution in [1.82, 2.24) is 4.57 Å². The van der Waals surface area contributed by atoms with E-state index >= 15 is 0 Å². The number of carbonyl (C=O) groups excluding carboxylic acids is 1. The number of hydrogen-bond acceptors (Lipinski definition) is 1. The highest BCUT2D eigenvalue weighted by molar-refractivity contribution is 5.55. The predicted molar refractivity (Wildman–Crippen MR) is 44.7 cm³/mol. The lowest BCUT2D eigenvalue weighted by atomic mass is 10.3. The minimum Gasteiger partial charge on any atom is -0.339 e. The summed E-state index contributed by atoms with van der Waals surface area (Å²) in [6.07, 6.45) is 0.958. The van der Waals surface area contributed by atoms with Crippen LogP contribution in [0.4, 0.5) is 0 Å². The summed E-state index contributed by atoms with van der Waals surface area (Å²) in [5, 5.41) is 0. The normalized spacial score (nSPS) is 13.0. The SMILES string of the molecule is Cc1ccc(C)n1C(C)C=O. The molecule has 2 heteroatoms. The van der Waals surface area contributed by atoms with Crippen molar-refractivity contribution in [3.63, 3.8) is 0 Å². The van der Waals surface area contributed by atoms with Gasteiger partial charge >= 0.3 is 0 Å². The summed E-state index contributed by atoms with van der Waals surface area (Å²) in [5.41, 5.74) is 2.28. The van der Waals surface area contributed by atoms with Gasteiger partial charge in [0.05, 0.1) is 6.04 Å². The zero-order chi connectivity index (χ0) is 8.43. The van der Waals surface area contributed by atoms with Gasteiger partial charge in [0.15, 0.2) is 0 Å². The van der Waals surface area contributed by atoms with Crippen molar-refractivity contribution in [2.24, 2.45) is 0 Å². The van der Waals surface area contributed by atoms with Crippen LogP contribution in [0.3, 0.4) is 0 Å². The lowest BCUT2D eigenvalue weighted by molar-refractivity contribution is -0.110. The van der Waals surface area contributed by atoms with Crippen LogP contribution in [0.1, 0.15) is 24.4 Å². The molecule has 0 saturated carbocycles. The van der Waals surface area contributed by atoms with Crippen molar-refractivity contribution in [3.8, 4) is 0 Å². The third-order valence-corrected chi connectivity index (χ3v) is 1.93. The Kier molecular flexibility index (Phi) is 2.13. The molecule has 1 atom stereocenters. The van der Waals surface area contributed by atoms with Gasteiger partial charge in [0.2, 0.25) is 0 Å². The number of rotatable bonds is 2. The van der Waals surface area contributed by atoms with Crippen LogP contribution in [0, 0.1) is 13.8 Å². The Morgan fingerprint density at radius 2 is 1.82 bits per heavy atom. The average Bonchev–Trinajstić information content (AvgIpc) is 2.30. The van der Waals surface area contributed by atoms with E-state index in [0.29, 0.717) is 0 Å². The van der Waals surface area contributed by atoms with Crippen LogP contribution in [0.25, 0.3) is 0 Å². The highest BCUT2D eigenvalue weighted by atomic mass is 16.1. The Balaban J connectivity index is 3.09. The Morgan fingerprint density at radius 1 is 1.36 bits per heavy atom. The fraction of sp³-hybridized carbons (Fsp3) is 0.444. The summed E-state index contributed by atoms with van der Waals surface area (Å²) in [5.74, 6) is 0. The number of nitrogens with zero attached hydrogens (tertiary/aromatic N) is 1. The summed E-state index contributed by atoms with van der Waals surface area (Å²) in [7, 11) is 0. The summed E-state index contributed by atoms with van der Waals surface area (Å²) < 4.78 is 2.02. The third kappa shape index (κ3) is 1.34. The minimum atomic E-state index is -0.0370. The third-order valence-electron chi connectivity index (χ3n) is 1.93. The van der Waals surface area contributed by atoms with E-state index in [1.807, 2.05) is 37.5 Å². The zero-order valence-electron chi connectivity index (χ0n) is 7.16. The van der Waals surface area contributed by atoms with E-state index in [4.69, 9.17) is 0 Å². The molecule has 0 radical (unpaired) electrons. The number of aryl methyl sites for hydroxylation is 2. The molecule has 1 unspecified atom stereocenters. The standard InChI is InChI=1S/C9H13NO/c1-7-4-5-8(2)10(7)9(3)6-11/h4-6,9H,1-3H3. The van der Waals surface area contributed by atoms with Gasteiger partial charge in [-0.3, -0.25) is 0 Å². The predicted octanol–water partition coefficient (Wildman–Crippen LogP) is 1.86. The summed E-state index contributed by atoms with van der Waals surface area (Å²) in [6.45, 7) is 5.91. The van der Waals surface area contributed by atoms with Gasteiger partial charge in [0.1, 0.15) is 6.29 Å². The van der Waals surface area contributed by atoms with Crippen molar-refractivity contribution >= 4 is 6.29 Å². The van der Waals surface area contributed by atoms with Gasteiger partial charge in [-0.25, -0.2) is 0 Å². The first kappa shape index (κ1) is 8.05. The van der Waals surface area contributed by atoms with E-state index < -0.39 is 0 Å². The van der Waals surface area contributed by atoms with Crippen LogP contribution in [0.2, 0.25) is 0 Å². The van der Waals surface area contributed by atoms with E-state index in [9.17, 15) is 4.79 Å². The first-order valence-electron chi connectivity index (χ1n) is 3.76. The van der Waals surface area contributed by atoms with Crippen molar-refractivity contribution in [2.75, 3.05) is 0 Å². The van der Waals surface area contributed by atoms with Crippen LogP contribution in [-0.2, 0) is 4.79 Å². The van der Waals surface area contributed by atoms with E-state index in [1.54, 1.807) is 0 Å². The van der Waals surface area contributed by atoms with Gasteiger partial charge in [-0.2, -0.15) is 0 Å². The zero-order valence-corrected chi connectivity index (χ0v) is 7.16. The van der Waals surface area contributed by atoms with Gasteiger partial charge in [0, 0.05) is 11.4 Å². The highest BCUT2D eigenvalue weighted by Crippen LogP contribution is 2.12. The van der Waals surface area contributed by atoms with Gasteiger partial charge in [-0.1, -0.05) is 0 Å². The van der Waals surface area contributed by atoms with Crippen molar-refractivity contribution in [1.29, 1.82) is 0 Å². The van der Waals surface area contributed by atoms with Crippen LogP contribution < -0.4 is 0 Å². The molecule has 11 heavy (non-hydrogen) atoms. The van der Waals surface area contributed by atoms with Crippen LogP contribution >= 0.6 is 0 Å². The highest BCUT2D eigenvalue weighted by Gasteiger charge is 2.06. The van der Waals surface area contributed by atoms with Gasteiger partial charge in [-0.05, 0) is 32.9 Å². The molecule has 0 aliphatic heterocycles. The lowest BCUT2D eigenvalue weighted by Gasteiger charge is -2.11. The summed E-state index contributed by atoms with van der Waals surface area (Å²) in [6, 6.07) is 4.01. The quantitative estimate of drug-likeness (QED) is 0.591. The molecule has 0 spiro atoms. The molecule has 0 aromatic carbocycles. The van der Waals surface area contributed by atoms with E-state index in [0.717, 1.165) is 17.7 Å². The number of carbonyl (C=O) groups is 1. The Bertz CT molecular complexity index is 243. The molecule has 0 aliphatic rings. The molecule has 1 aromatic rings. The molecule has 1 heterocycles. The van der Waals surface area contributed by atoms with Crippen LogP contribution in [0.5, 0.6) is 0 Å². The van der Waals surface area contributed by atoms with Crippen molar-refractivity contribution in [2.45, 2.75) is 26.8 Å². The summed E-state index contributed by atoms with van der Waals surface area (Å²) >= 11 is 0. The minimum absolute atomic E-state index is 0.0370. The Hall–Kier alpha value is -1.05. The molecule has 1 rings (SSSR count). The Labute approximate surface area is 66.8 Å². The monoisotopic (exact) mass is 151 g/mol. The topological polar surface area (TPSA) is 22.0 Å². The number of aromatic nitrogens is 1. The molecular formula is C9H13NO. The van der Waals surface area contributed by atoms with Crippen LogP contribution in [0.15, 0.2) is 12.1 Å². The van der Waals surface area contributed by atoms with Gasteiger partial charge in [0.25, 0.3) is 0 Å². The number of aldehydes is 1. The molecule has 0 saturated heterocycles. The molecule has 2 nitrogen and oxygen atoms in total. The van der Waals surface area contributed by atoms with E-state index in [2.05, 4.69) is 0 Å². The maximum absolute atomic E-state index is 10.5. The second-order valence-electron chi connectivity index (χ2n) is 2.86. The molecule has 0 amide bonds. The maximum Gasteiger partial charge on any atom is 0.142 e. The largest absolute Gasteiger partial charge is 0.339 e. The molecule has 1 aromatic heterocycles.